The number of aryl methyl sites for hydroxylation is 2. The van der Waals surface area contributed by atoms with Crippen molar-refractivity contribution >= 4 is 73.4 Å². The molecule has 5 N–H and O–H groups in total. The number of ketones is 1. The van der Waals surface area contributed by atoms with Gasteiger partial charge in [0.25, 0.3) is 5.91 Å². The number of fused-ring (bicyclic) bond motifs is 2. The number of nitrogens with zero attached hydrogens (tertiary/aromatic N) is 6. The molecule has 2 aliphatic rings. The monoisotopic (exact) mass is 949 g/mol. The summed E-state index contributed by atoms with van der Waals surface area (Å²) in [5, 5.41) is 42.2. The van der Waals surface area contributed by atoms with Gasteiger partial charge < -0.3 is 26.2 Å². The van der Waals surface area contributed by atoms with Gasteiger partial charge in [-0.3, -0.25) is 9.59 Å². The number of aromatic nitrogens is 6. The standard InChI is InChI=1S/C25H27N5O2S2.C22H25BrN4O2/c1-15-11-16(6-9-18(15)24(31)28-17-7-8-17)20-13-26-23-19(27-14-25(2,3)32)12-21(29-30(20)23)34-22-5-4-10-33-22;1-13-8-15(6-7-16(13)19(28)9-14-4-5-14)18-11-24-21-17(25-12-22(2,3)29)10-20(23)26-27(18)21/h4-6,9-13,17,27,32H,7-8,14H2,1-3H3,(H,28,31);6-8,10-11,14,25,29H,4-5,9,12H2,1-3H3. The molecular formula is C47H52BrN9O4S2. The Morgan fingerprint density at radius 1 is 0.794 bits per heavy atom. The Hall–Kier alpha value is -5.13. The van der Waals surface area contributed by atoms with E-state index in [4.69, 9.17) is 5.10 Å². The summed E-state index contributed by atoms with van der Waals surface area (Å²) in [6.45, 7) is 11.7. The molecule has 63 heavy (non-hydrogen) atoms. The molecule has 1 amide bonds. The number of rotatable bonds is 15. The topological polar surface area (TPSA) is 171 Å². The molecule has 0 unspecified atom stereocenters. The highest BCUT2D eigenvalue weighted by Crippen LogP contribution is 2.36. The number of aliphatic hydroxyl groups is 2. The molecule has 2 fully saturated rings. The highest BCUT2D eigenvalue weighted by atomic mass is 79.9. The van der Waals surface area contributed by atoms with Crippen LogP contribution in [0, 0.1) is 19.8 Å². The molecule has 0 atom stereocenters. The van der Waals surface area contributed by atoms with Crippen molar-refractivity contribution in [2.24, 2.45) is 5.92 Å². The SMILES string of the molecule is Cc1cc(-c2cnc3c(NCC(C)(C)O)cc(Br)nn23)ccc1C(=O)CC1CC1.Cc1cc(-c2cnc3c(NCC(C)(C)O)cc(Sc4cccs4)nn23)ccc1C(=O)NC1CC1. The summed E-state index contributed by atoms with van der Waals surface area (Å²) in [6, 6.07) is 20.0. The van der Waals surface area contributed by atoms with Crippen LogP contribution < -0.4 is 16.0 Å². The van der Waals surface area contributed by atoms with Crippen molar-refractivity contribution in [1.82, 2.24) is 34.5 Å². The Labute approximate surface area is 383 Å². The molecule has 2 aliphatic carbocycles. The predicted molar refractivity (Wildman–Crippen MR) is 254 cm³/mol. The molecule has 2 saturated carbocycles. The van der Waals surface area contributed by atoms with Crippen molar-refractivity contribution in [1.29, 1.82) is 0 Å². The van der Waals surface area contributed by atoms with E-state index in [0.717, 1.165) is 72.7 Å². The fourth-order valence-electron chi connectivity index (χ4n) is 7.03. The van der Waals surface area contributed by atoms with Gasteiger partial charge in [0.2, 0.25) is 0 Å². The van der Waals surface area contributed by atoms with Crippen molar-refractivity contribution in [2.45, 2.75) is 100 Å². The average molecular weight is 951 g/mol. The van der Waals surface area contributed by atoms with Crippen LogP contribution in [0.25, 0.3) is 33.8 Å². The molecule has 5 aromatic heterocycles. The van der Waals surface area contributed by atoms with Crippen LogP contribution in [0.2, 0.25) is 0 Å². The third-order valence-corrected chi connectivity index (χ3v) is 13.0. The fourth-order valence-corrected chi connectivity index (χ4v) is 9.14. The second-order valence-corrected chi connectivity index (χ2v) is 20.9. The fraction of sp³-hybridized carbons (Fsp3) is 0.362. The summed E-state index contributed by atoms with van der Waals surface area (Å²) < 4.78 is 5.41. The number of benzene rings is 2. The maximum Gasteiger partial charge on any atom is 0.251 e. The number of anilines is 2. The van der Waals surface area contributed by atoms with Crippen LogP contribution in [-0.2, 0) is 0 Å². The first-order valence-electron chi connectivity index (χ1n) is 21.1. The van der Waals surface area contributed by atoms with Gasteiger partial charge in [-0.1, -0.05) is 36.0 Å². The molecule has 2 aromatic carbocycles. The van der Waals surface area contributed by atoms with E-state index in [1.165, 1.54) is 12.8 Å². The minimum Gasteiger partial charge on any atom is -0.389 e. The van der Waals surface area contributed by atoms with Crippen LogP contribution in [0.4, 0.5) is 11.4 Å². The van der Waals surface area contributed by atoms with E-state index in [9.17, 15) is 19.8 Å². The van der Waals surface area contributed by atoms with Gasteiger partial charge in [0.1, 0.15) is 9.63 Å². The largest absolute Gasteiger partial charge is 0.389 e. The molecule has 0 radical (unpaired) electrons. The molecule has 5 heterocycles. The Morgan fingerprint density at radius 2 is 1.37 bits per heavy atom. The number of halogens is 1. The zero-order valence-electron chi connectivity index (χ0n) is 36.2. The van der Waals surface area contributed by atoms with Crippen molar-refractivity contribution in [3.05, 3.63) is 105 Å². The minimum absolute atomic E-state index is 0.0180. The maximum absolute atomic E-state index is 12.5. The highest BCUT2D eigenvalue weighted by Gasteiger charge is 2.27. The third kappa shape index (κ3) is 11.2. The first kappa shape index (κ1) is 44.5. The van der Waals surface area contributed by atoms with Gasteiger partial charge in [0.15, 0.2) is 17.1 Å². The molecular weight excluding hydrogens is 899 g/mol. The van der Waals surface area contributed by atoms with E-state index in [0.29, 0.717) is 52.9 Å². The summed E-state index contributed by atoms with van der Waals surface area (Å²) in [6.07, 6.45) is 8.71. The zero-order valence-corrected chi connectivity index (χ0v) is 39.4. The van der Waals surface area contributed by atoms with Gasteiger partial charge in [-0.05, 0) is 142 Å². The van der Waals surface area contributed by atoms with Crippen LogP contribution >= 0.6 is 39.0 Å². The second kappa shape index (κ2) is 18.2. The lowest BCUT2D eigenvalue weighted by atomic mass is 9.98. The number of hydrogen-bond donors (Lipinski definition) is 5. The Kier molecular flexibility index (Phi) is 12.8. The van der Waals surface area contributed by atoms with E-state index >= 15 is 0 Å². The molecule has 16 heteroatoms. The highest BCUT2D eigenvalue weighted by molar-refractivity contribution is 9.10. The number of imidazole rings is 2. The van der Waals surface area contributed by atoms with E-state index in [1.807, 2.05) is 78.3 Å². The Morgan fingerprint density at radius 3 is 1.89 bits per heavy atom. The molecule has 0 spiro atoms. The molecule has 0 bridgehead atoms. The van der Waals surface area contributed by atoms with Crippen molar-refractivity contribution in [3.63, 3.8) is 0 Å². The van der Waals surface area contributed by atoms with Gasteiger partial charge in [-0.25, -0.2) is 19.0 Å². The summed E-state index contributed by atoms with van der Waals surface area (Å²) in [4.78, 5) is 34.2. The third-order valence-electron chi connectivity index (χ3n) is 10.7. The maximum atomic E-state index is 12.5. The van der Waals surface area contributed by atoms with Gasteiger partial charge in [-0.15, -0.1) is 11.3 Å². The number of thiophene rings is 1. The number of Topliss-reactive ketones (excluding diaryl/α,β-unsaturated/α-hetero) is 1. The van der Waals surface area contributed by atoms with E-state index < -0.39 is 11.2 Å². The Balaban J connectivity index is 0.000000175. The number of carbonyl (C=O) groups excluding carboxylic acids is 2. The molecule has 328 valence electrons. The average Bonchev–Trinajstić information content (AvgIpc) is 4.05. The molecule has 9 rings (SSSR count). The minimum atomic E-state index is -0.870. The normalized spacial score (nSPS) is 14.1. The van der Waals surface area contributed by atoms with Crippen LogP contribution in [0.5, 0.6) is 0 Å². The summed E-state index contributed by atoms with van der Waals surface area (Å²) in [7, 11) is 0. The van der Waals surface area contributed by atoms with E-state index in [-0.39, 0.29) is 11.7 Å². The van der Waals surface area contributed by atoms with Gasteiger partial charge in [0, 0.05) is 47.8 Å². The van der Waals surface area contributed by atoms with Crippen LogP contribution in [-0.4, -0.2) is 81.4 Å². The quantitative estimate of drug-likeness (QED) is 0.0620. The van der Waals surface area contributed by atoms with Crippen molar-refractivity contribution in [3.8, 4) is 22.5 Å². The molecule has 0 aliphatic heterocycles. The summed E-state index contributed by atoms with van der Waals surface area (Å²) in [5.41, 5.74) is 8.19. The number of nitrogens with one attached hydrogen (secondary N) is 3. The van der Waals surface area contributed by atoms with Crippen molar-refractivity contribution < 1.29 is 19.8 Å². The second-order valence-electron chi connectivity index (χ2n) is 17.8. The summed E-state index contributed by atoms with van der Waals surface area (Å²) in [5.74, 6) is 0.793. The smallest absolute Gasteiger partial charge is 0.251 e. The van der Waals surface area contributed by atoms with E-state index in [1.54, 1.807) is 67.7 Å². The van der Waals surface area contributed by atoms with Crippen molar-refractivity contribution in [2.75, 3.05) is 23.7 Å². The van der Waals surface area contributed by atoms with Crippen LogP contribution in [0.3, 0.4) is 0 Å². The van der Waals surface area contributed by atoms with Gasteiger partial charge in [-0.2, -0.15) is 10.2 Å². The number of amides is 1. The lowest BCUT2D eigenvalue weighted by Crippen LogP contribution is -2.29. The predicted octanol–water partition coefficient (Wildman–Crippen LogP) is 9.63. The summed E-state index contributed by atoms with van der Waals surface area (Å²) >= 11 is 6.71. The first-order chi connectivity index (χ1) is 30.0. The van der Waals surface area contributed by atoms with Gasteiger partial charge >= 0.3 is 0 Å². The first-order valence-corrected chi connectivity index (χ1v) is 23.6. The lowest BCUT2D eigenvalue weighted by molar-refractivity contribution is 0.0939. The lowest BCUT2D eigenvalue weighted by Gasteiger charge is -2.19. The molecule has 7 aromatic rings. The van der Waals surface area contributed by atoms with Crippen LogP contribution in [0.1, 0.15) is 91.6 Å². The molecule has 0 saturated heterocycles. The van der Waals surface area contributed by atoms with E-state index in [2.05, 4.69) is 53.0 Å². The number of hydrogen-bond acceptors (Lipinski definition) is 12. The van der Waals surface area contributed by atoms with Crippen LogP contribution in [0.15, 0.2) is 92.3 Å². The zero-order chi connectivity index (χ0) is 44.6. The number of carbonyl (C=O) groups is 2. The van der Waals surface area contributed by atoms with Gasteiger partial charge in [0.05, 0.1) is 50.6 Å². The Bertz CT molecular complexity index is 2800. The molecule has 13 nitrogen and oxygen atoms in total.